The van der Waals surface area contributed by atoms with Gasteiger partial charge in [-0.15, -0.1) is 10.2 Å². The number of nitrogens with zero attached hydrogens (tertiary/aromatic N) is 5. The van der Waals surface area contributed by atoms with Crippen molar-refractivity contribution in [2.24, 2.45) is 0 Å². The van der Waals surface area contributed by atoms with E-state index in [-0.39, 0.29) is 0 Å². The molecule has 0 amide bonds. The lowest BCUT2D eigenvalue weighted by atomic mass is 9.85. The van der Waals surface area contributed by atoms with E-state index in [1.807, 2.05) is 18.5 Å². The van der Waals surface area contributed by atoms with Gasteiger partial charge >= 0.3 is 0 Å². The molecule has 0 atom stereocenters. The maximum Gasteiger partial charge on any atom is 0.234 e. The van der Waals surface area contributed by atoms with Crippen molar-refractivity contribution in [2.45, 2.75) is 32.1 Å². The average molecular weight is 306 g/mol. The fourth-order valence-electron chi connectivity index (χ4n) is 2.45. The van der Waals surface area contributed by atoms with Crippen molar-refractivity contribution < 1.29 is 0 Å². The third-order valence-electron chi connectivity index (χ3n) is 3.79. The SMILES string of the molecule is CNc1snc(C)c1-c1nn2c(C3CCC3)nnc2s1. The van der Waals surface area contributed by atoms with Gasteiger partial charge in [-0.25, -0.2) is 0 Å². The molecule has 1 aliphatic carbocycles. The van der Waals surface area contributed by atoms with E-state index in [2.05, 4.69) is 19.9 Å². The maximum absolute atomic E-state index is 4.72. The van der Waals surface area contributed by atoms with Crippen molar-refractivity contribution in [3.05, 3.63) is 11.5 Å². The highest BCUT2D eigenvalue weighted by atomic mass is 32.1. The van der Waals surface area contributed by atoms with Gasteiger partial charge in [-0.2, -0.15) is 14.0 Å². The molecule has 1 aliphatic rings. The van der Waals surface area contributed by atoms with E-state index < -0.39 is 0 Å². The van der Waals surface area contributed by atoms with E-state index >= 15 is 0 Å². The molecule has 104 valence electrons. The molecule has 8 heteroatoms. The molecule has 0 aliphatic heterocycles. The van der Waals surface area contributed by atoms with Crippen LogP contribution in [-0.2, 0) is 0 Å². The number of nitrogens with one attached hydrogen (secondary N) is 1. The van der Waals surface area contributed by atoms with Crippen LogP contribution in [0.1, 0.15) is 36.7 Å². The minimum atomic E-state index is 0.533. The average Bonchev–Trinajstić information content (AvgIpc) is 3.02. The van der Waals surface area contributed by atoms with E-state index in [0.29, 0.717) is 5.92 Å². The number of anilines is 1. The van der Waals surface area contributed by atoms with Gasteiger partial charge in [0.15, 0.2) is 10.8 Å². The third-order valence-corrected chi connectivity index (χ3v) is 5.66. The summed E-state index contributed by atoms with van der Waals surface area (Å²) in [4.78, 5) is 0.870. The lowest BCUT2D eigenvalue weighted by molar-refractivity contribution is 0.395. The van der Waals surface area contributed by atoms with Crippen LogP contribution in [0.25, 0.3) is 15.5 Å². The molecule has 0 saturated heterocycles. The maximum atomic E-state index is 4.72. The second kappa shape index (κ2) is 4.49. The zero-order valence-electron chi connectivity index (χ0n) is 11.3. The Morgan fingerprint density at radius 1 is 1.30 bits per heavy atom. The van der Waals surface area contributed by atoms with Crippen molar-refractivity contribution in [1.29, 1.82) is 0 Å². The lowest BCUT2D eigenvalue weighted by Gasteiger charge is -2.22. The number of hydrogen-bond donors (Lipinski definition) is 1. The summed E-state index contributed by atoms with van der Waals surface area (Å²) in [5, 5.41) is 18.5. The molecule has 6 nitrogen and oxygen atoms in total. The summed E-state index contributed by atoms with van der Waals surface area (Å²) in [7, 11) is 1.91. The molecule has 3 aromatic rings. The first kappa shape index (κ1) is 12.2. The molecule has 20 heavy (non-hydrogen) atoms. The highest BCUT2D eigenvalue weighted by molar-refractivity contribution is 7.20. The quantitative estimate of drug-likeness (QED) is 0.806. The molecule has 4 rings (SSSR count). The van der Waals surface area contributed by atoms with Gasteiger partial charge in [-0.05, 0) is 31.3 Å². The van der Waals surface area contributed by atoms with Gasteiger partial charge in [-0.3, -0.25) is 0 Å². The van der Waals surface area contributed by atoms with Crippen molar-refractivity contribution in [1.82, 2.24) is 24.2 Å². The zero-order valence-corrected chi connectivity index (χ0v) is 12.9. The smallest absolute Gasteiger partial charge is 0.234 e. The normalized spacial score (nSPS) is 15.7. The van der Waals surface area contributed by atoms with Crippen molar-refractivity contribution in [2.75, 3.05) is 12.4 Å². The first-order chi connectivity index (χ1) is 9.78. The largest absolute Gasteiger partial charge is 0.378 e. The van der Waals surface area contributed by atoms with E-state index in [0.717, 1.165) is 32.1 Å². The van der Waals surface area contributed by atoms with Crippen LogP contribution in [0.5, 0.6) is 0 Å². The van der Waals surface area contributed by atoms with E-state index in [9.17, 15) is 0 Å². The Hall–Kier alpha value is -1.54. The van der Waals surface area contributed by atoms with Crippen molar-refractivity contribution in [3.63, 3.8) is 0 Å². The fraction of sp³-hybridized carbons (Fsp3) is 0.500. The molecule has 0 aromatic carbocycles. The van der Waals surface area contributed by atoms with Crippen LogP contribution in [-0.4, -0.2) is 31.2 Å². The van der Waals surface area contributed by atoms with Gasteiger partial charge in [0, 0.05) is 13.0 Å². The zero-order chi connectivity index (χ0) is 13.7. The fourth-order valence-corrected chi connectivity index (χ4v) is 4.21. The molecule has 3 heterocycles. The minimum Gasteiger partial charge on any atom is -0.378 e. The van der Waals surface area contributed by atoms with Gasteiger partial charge in [0.05, 0.1) is 11.3 Å². The number of rotatable bonds is 3. The Labute approximate surface area is 124 Å². The highest BCUT2D eigenvalue weighted by Gasteiger charge is 2.27. The van der Waals surface area contributed by atoms with Gasteiger partial charge in [0.25, 0.3) is 0 Å². The topological polar surface area (TPSA) is 68.0 Å². The van der Waals surface area contributed by atoms with Crippen LogP contribution in [0.4, 0.5) is 5.00 Å². The van der Waals surface area contributed by atoms with E-state index in [1.54, 1.807) is 11.3 Å². The summed E-state index contributed by atoms with van der Waals surface area (Å²) in [6.07, 6.45) is 3.69. The molecule has 1 saturated carbocycles. The first-order valence-corrected chi connectivity index (χ1v) is 8.23. The molecular formula is C12H14N6S2. The summed E-state index contributed by atoms with van der Waals surface area (Å²) in [6, 6.07) is 0. The van der Waals surface area contributed by atoms with Crippen LogP contribution in [0.2, 0.25) is 0 Å². The Balaban J connectivity index is 1.84. The van der Waals surface area contributed by atoms with E-state index in [1.165, 1.54) is 30.8 Å². The van der Waals surface area contributed by atoms with E-state index in [4.69, 9.17) is 5.10 Å². The second-order valence-corrected chi connectivity index (χ2v) is 6.74. The molecule has 1 N–H and O–H groups in total. The van der Waals surface area contributed by atoms with Crippen LogP contribution in [0.3, 0.4) is 0 Å². The molecular weight excluding hydrogens is 292 g/mol. The van der Waals surface area contributed by atoms with Gasteiger partial charge in [0.2, 0.25) is 4.96 Å². The van der Waals surface area contributed by atoms with Gasteiger partial charge in [-0.1, -0.05) is 17.8 Å². The highest BCUT2D eigenvalue weighted by Crippen LogP contribution is 2.39. The van der Waals surface area contributed by atoms with Crippen LogP contribution in [0.15, 0.2) is 0 Å². The molecule has 0 unspecified atom stereocenters. The Morgan fingerprint density at radius 3 is 2.85 bits per heavy atom. The third kappa shape index (κ3) is 1.68. The standard InChI is InChI=1S/C12H14N6S2/c1-6-8(10(13-2)20-17-6)11-16-18-9(7-4-3-5-7)14-15-12(18)19-11/h7,13H,3-5H2,1-2H3. The number of fused-ring (bicyclic) bond motifs is 1. The van der Waals surface area contributed by atoms with Crippen LogP contribution >= 0.6 is 22.9 Å². The monoisotopic (exact) mass is 306 g/mol. The molecule has 0 spiro atoms. The number of hydrogen-bond acceptors (Lipinski definition) is 7. The molecule has 1 fully saturated rings. The van der Waals surface area contributed by atoms with Crippen LogP contribution < -0.4 is 5.32 Å². The minimum absolute atomic E-state index is 0.533. The number of aromatic nitrogens is 5. The summed E-state index contributed by atoms with van der Waals surface area (Å²) in [5.74, 6) is 1.55. The molecule has 0 bridgehead atoms. The van der Waals surface area contributed by atoms with Gasteiger partial charge in [0.1, 0.15) is 5.00 Å². The Morgan fingerprint density at radius 2 is 2.15 bits per heavy atom. The van der Waals surface area contributed by atoms with Crippen LogP contribution in [0, 0.1) is 6.92 Å². The second-order valence-electron chi connectivity index (χ2n) is 5.01. The number of aryl methyl sites for hydroxylation is 1. The summed E-state index contributed by atoms with van der Waals surface area (Å²) in [5.41, 5.74) is 2.10. The summed E-state index contributed by atoms with van der Waals surface area (Å²) >= 11 is 3.05. The van der Waals surface area contributed by atoms with Crippen molar-refractivity contribution >= 4 is 32.8 Å². The Bertz CT molecular complexity index is 766. The first-order valence-electron chi connectivity index (χ1n) is 6.64. The molecule has 3 aromatic heterocycles. The predicted octanol–water partition coefficient (Wildman–Crippen LogP) is 2.93. The molecule has 0 radical (unpaired) electrons. The lowest BCUT2D eigenvalue weighted by Crippen LogP contribution is -2.13. The van der Waals surface area contributed by atoms with Gasteiger partial charge < -0.3 is 5.32 Å². The predicted molar refractivity (Wildman–Crippen MR) is 80.6 cm³/mol. The van der Waals surface area contributed by atoms with Crippen molar-refractivity contribution in [3.8, 4) is 10.6 Å². The summed E-state index contributed by atoms with van der Waals surface area (Å²) in [6.45, 7) is 2.02. The Kier molecular flexibility index (Phi) is 2.74. The summed E-state index contributed by atoms with van der Waals surface area (Å²) < 4.78 is 6.32.